The predicted octanol–water partition coefficient (Wildman–Crippen LogP) is 6.24. The smallest absolute Gasteiger partial charge is 0.337 e. The fraction of sp³-hybridized carbons (Fsp3) is 0.138. The lowest BCUT2D eigenvalue weighted by molar-refractivity contribution is -0.122. The number of hydrogen-bond donors (Lipinski definition) is 0. The van der Waals surface area contributed by atoms with Gasteiger partial charge in [-0.2, -0.15) is 0 Å². The number of nitrogens with zero attached hydrogens (tertiary/aromatic N) is 3. The fourth-order valence-electron chi connectivity index (χ4n) is 4.22. The molecule has 1 fully saturated rings. The van der Waals surface area contributed by atoms with Gasteiger partial charge in [0, 0.05) is 35.8 Å². The number of halogens is 1. The van der Waals surface area contributed by atoms with Crippen LogP contribution in [0.15, 0.2) is 88.9 Å². The van der Waals surface area contributed by atoms with Gasteiger partial charge in [0.1, 0.15) is 5.82 Å². The molecule has 0 spiro atoms. The largest absolute Gasteiger partial charge is 0.465 e. The molecule has 1 aliphatic heterocycles. The Hall–Kier alpha value is -4.17. The number of aromatic nitrogens is 1. The second-order valence-corrected chi connectivity index (χ2v) is 9.46. The van der Waals surface area contributed by atoms with Crippen LogP contribution in [0.4, 0.5) is 10.1 Å². The monoisotopic (exact) mass is 513 g/mol. The lowest BCUT2D eigenvalue weighted by atomic mass is 10.1. The van der Waals surface area contributed by atoms with Gasteiger partial charge < -0.3 is 9.30 Å². The summed E-state index contributed by atoms with van der Waals surface area (Å²) in [5.41, 5.74) is 4.01. The number of ether oxygens (including phenoxy) is 1. The van der Waals surface area contributed by atoms with Gasteiger partial charge in [-0.1, -0.05) is 30.3 Å². The highest BCUT2D eigenvalue weighted by Crippen LogP contribution is 2.35. The molecule has 4 aromatic rings. The first kappa shape index (κ1) is 24.5. The van der Waals surface area contributed by atoms with Crippen LogP contribution in [-0.2, 0) is 16.1 Å². The molecule has 0 N–H and O–H groups in total. The minimum atomic E-state index is -0.413. The van der Waals surface area contributed by atoms with Crippen molar-refractivity contribution >= 4 is 51.5 Å². The summed E-state index contributed by atoms with van der Waals surface area (Å²) in [6, 6.07) is 21.2. The molecular weight excluding hydrogens is 489 g/mol. The van der Waals surface area contributed by atoms with Gasteiger partial charge >= 0.3 is 5.97 Å². The van der Waals surface area contributed by atoms with Crippen LogP contribution in [0.3, 0.4) is 0 Å². The Morgan fingerprint density at radius 2 is 1.78 bits per heavy atom. The van der Waals surface area contributed by atoms with E-state index in [-0.39, 0.29) is 11.7 Å². The average Bonchev–Trinajstić information content (AvgIpc) is 3.41. The SMILES string of the molecule is CCN1C(=O)/C(=C\c2cn(Cc3ccc(F)cc3)c3ccccc23)SC1=Nc1ccc(C(=O)OC)cc1. The Morgan fingerprint density at radius 1 is 1.05 bits per heavy atom. The molecule has 6 nitrogen and oxygen atoms in total. The topological polar surface area (TPSA) is 63.9 Å². The predicted molar refractivity (Wildman–Crippen MR) is 145 cm³/mol. The second-order valence-electron chi connectivity index (χ2n) is 8.45. The maximum atomic E-state index is 13.4. The van der Waals surface area contributed by atoms with Gasteiger partial charge in [-0.15, -0.1) is 0 Å². The first-order chi connectivity index (χ1) is 18.0. The van der Waals surface area contributed by atoms with E-state index in [1.54, 1.807) is 41.3 Å². The Balaban J connectivity index is 1.46. The number of thioether (sulfide) groups is 1. The molecule has 3 aromatic carbocycles. The fourth-order valence-corrected chi connectivity index (χ4v) is 5.27. The van der Waals surface area contributed by atoms with Crippen molar-refractivity contribution in [2.24, 2.45) is 4.99 Å². The Labute approximate surface area is 218 Å². The lowest BCUT2D eigenvalue weighted by Gasteiger charge is -2.12. The maximum absolute atomic E-state index is 13.4. The van der Waals surface area contributed by atoms with Crippen LogP contribution in [0.5, 0.6) is 0 Å². The van der Waals surface area contributed by atoms with Crippen LogP contribution in [-0.4, -0.2) is 40.2 Å². The van der Waals surface area contributed by atoms with E-state index in [2.05, 4.69) is 9.56 Å². The van der Waals surface area contributed by atoms with E-state index in [9.17, 15) is 14.0 Å². The van der Waals surface area contributed by atoms with Crippen molar-refractivity contribution in [1.82, 2.24) is 9.47 Å². The molecular formula is C29H24FN3O3S. The summed E-state index contributed by atoms with van der Waals surface area (Å²) in [5.74, 6) is -0.780. The summed E-state index contributed by atoms with van der Waals surface area (Å²) < 4.78 is 20.2. The molecule has 2 heterocycles. The molecule has 0 aliphatic carbocycles. The zero-order chi connectivity index (χ0) is 25.9. The third kappa shape index (κ3) is 5.06. The number of hydrogen-bond acceptors (Lipinski definition) is 5. The summed E-state index contributed by atoms with van der Waals surface area (Å²) >= 11 is 1.32. The highest BCUT2D eigenvalue weighted by atomic mass is 32.2. The van der Waals surface area contributed by atoms with E-state index >= 15 is 0 Å². The normalized spacial score (nSPS) is 15.8. The summed E-state index contributed by atoms with van der Waals surface area (Å²) in [4.78, 5) is 31.8. The molecule has 0 unspecified atom stereocenters. The summed E-state index contributed by atoms with van der Waals surface area (Å²) in [7, 11) is 1.34. The molecule has 5 rings (SSSR count). The summed E-state index contributed by atoms with van der Waals surface area (Å²) in [5, 5.41) is 1.61. The van der Waals surface area contributed by atoms with E-state index in [1.807, 2.05) is 43.5 Å². The van der Waals surface area contributed by atoms with Gasteiger partial charge in [-0.25, -0.2) is 14.2 Å². The molecule has 0 bridgehead atoms. The number of benzene rings is 3. The quantitative estimate of drug-likeness (QED) is 0.226. The molecule has 1 aliphatic rings. The minimum Gasteiger partial charge on any atom is -0.465 e. The molecule has 0 atom stereocenters. The number of carbonyl (C=O) groups excluding carboxylic acids is 2. The minimum absolute atomic E-state index is 0.104. The van der Waals surface area contributed by atoms with Gasteiger partial charge in [0.25, 0.3) is 5.91 Å². The molecule has 0 radical (unpaired) electrons. The lowest BCUT2D eigenvalue weighted by Crippen LogP contribution is -2.28. The van der Waals surface area contributed by atoms with Gasteiger partial charge in [0.2, 0.25) is 0 Å². The highest BCUT2D eigenvalue weighted by Gasteiger charge is 2.32. The van der Waals surface area contributed by atoms with Crippen LogP contribution in [0.2, 0.25) is 0 Å². The van der Waals surface area contributed by atoms with Gasteiger partial charge in [-0.3, -0.25) is 9.69 Å². The van der Waals surface area contributed by atoms with Crippen LogP contribution >= 0.6 is 11.8 Å². The number of likely N-dealkylation sites (N-methyl/N-ethyl adjacent to an activating group) is 1. The number of esters is 1. The number of amidine groups is 1. The van der Waals surface area contributed by atoms with Crippen molar-refractivity contribution in [2.45, 2.75) is 13.5 Å². The van der Waals surface area contributed by atoms with Crippen LogP contribution in [0.1, 0.15) is 28.4 Å². The van der Waals surface area contributed by atoms with E-state index in [0.29, 0.717) is 34.4 Å². The van der Waals surface area contributed by atoms with Gasteiger partial charge in [0.05, 0.1) is 23.3 Å². The first-order valence-electron chi connectivity index (χ1n) is 11.8. The van der Waals surface area contributed by atoms with Crippen molar-refractivity contribution in [1.29, 1.82) is 0 Å². The zero-order valence-electron chi connectivity index (χ0n) is 20.3. The molecule has 186 valence electrons. The van der Waals surface area contributed by atoms with E-state index in [4.69, 9.17) is 4.74 Å². The first-order valence-corrected chi connectivity index (χ1v) is 12.6. The number of rotatable bonds is 6. The van der Waals surface area contributed by atoms with Crippen LogP contribution in [0, 0.1) is 5.82 Å². The maximum Gasteiger partial charge on any atom is 0.337 e. The number of aliphatic imine (C=N–C) groups is 1. The Bertz CT molecular complexity index is 1540. The van der Waals surface area contributed by atoms with Crippen LogP contribution in [0.25, 0.3) is 17.0 Å². The molecule has 8 heteroatoms. The third-order valence-corrected chi connectivity index (χ3v) is 7.10. The number of carbonyl (C=O) groups is 2. The molecule has 37 heavy (non-hydrogen) atoms. The zero-order valence-corrected chi connectivity index (χ0v) is 21.2. The average molecular weight is 514 g/mol. The van der Waals surface area contributed by atoms with Crippen molar-refractivity contribution in [3.8, 4) is 0 Å². The highest BCUT2D eigenvalue weighted by molar-refractivity contribution is 8.18. The standard InChI is InChI=1S/C29H24FN3O3S/c1-3-33-27(34)26(37-29(33)31-23-14-10-20(11-15-23)28(35)36-2)16-21-18-32(25-7-5-4-6-24(21)25)17-19-8-12-22(30)13-9-19/h4-16,18H,3,17H2,1-2H3/b26-16+,31-29?. The van der Waals surface area contributed by atoms with Crippen molar-refractivity contribution in [3.05, 3.63) is 106 Å². The third-order valence-electron chi connectivity index (χ3n) is 6.09. The van der Waals surface area contributed by atoms with Crippen molar-refractivity contribution in [3.63, 3.8) is 0 Å². The van der Waals surface area contributed by atoms with Gasteiger partial charge in [0.15, 0.2) is 5.17 Å². The number of methoxy groups -OCH3 is 1. The second kappa shape index (κ2) is 10.4. The van der Waals surface area contributed by atoms with Gasteiger partial charge in [-0.05, 0) is 72.8 Å². The Kier molecular flexibility index (Phi) is 6.92. The summed E-state index contributed by atoms with van der Waals surface area (Å²) in [6.45, 7) is 2.97. The molecule has 1 aromatic heterocycles. The van der Waals surface area contributed by atoms with E-state index < -0.39 is 5.97 Å². The van der Waals surface area contributed by atoms with Crippen molar-refractivity contribution < 1.29 is 18.7 Å². The van der Waals surface area contributed by atoms with Crippen LogP contribution < -0.4 is 0 Å². The van der Waals surface area contributed by atoms with Crippen molar-refractivity contribution in [2.75, 3.05) is 13.7 Å². The molecule has 1 amide bonds. The summed E-state index contributed by atoms with van der Waals surface area (Å²) in [6.07, 6.45) is 3.92. The Morgan fingerprint density at radius 3 is 2.49 bits per heavy atom. The van der Waals surface area contributed by atoms with E-state index in [0.717, 1.165) is 22.0 Å². The molecule has 1 saturated heterocycles. The number of fused-ring (bicyclic) bond motifs is 1. The number of para-hydroxylation sites is 1. The molecule has 0 saturated carbocycles. The number of amides is 1. The van der Waals surface area contributed by atoms with E-state index in [1.165, 1.54) is 31.0 Å².